The Morgan fingerprint density at radius 3 is 2.50 bits per heavy atom. The molecule has 5 nitrogen and oxygen atoms in total. The van der Waals surface area contributed by atoms with Crippen molar-refractivity contribution in [1.82, 2.24) is 0 Å². The van der Waals surface area contributed by atoms with E-state index < -0.39 is 5.91 Å². The third kappa shape index (κ3) is 6.45. The van der Waals surface area contributed by atoms with E-state index in [9.17, 15) is 10.1 Å². The van der Waals surface area contributed by atoms with Crippen LogP contribution in [0.4, 0.5) is 5.69 Å². The average molecular weight is 516 g/mol. The number of halogens is 3. The molecule has 34 heavy (non-hydrogen) atoms. The number of benzene rings is 3. The van der Waals surface area contributed by atoms with Gasteiger partial charge in [0.25, 0.3) is 5.91 Å². The van der Waals surface area contributed by atoms with E-state index in [0.717, 1.165) is 11.1 Å². The number of carbonyl (C=O) groups excluding carboxylic acids is 1. The van der Waals surface area contributed by atoms with Crippen molar-refractivity contribution in [2.75, 3.05) is 11.9 Å². The molecular weight excluding hydrogens is 495 g/mol. The van der Waals surface area contributed by atoms with Crippen molar-refractivity contribution < 1.29 is 14.3 Å². The molecule has 0 aromatic heterocycles. The second-order valence-electron chi connectivity index (χ2n) is 7.22. The van der Waals surface area contributed by atoms with Gasteiger partial charge in [-0.25, -0.2) is 0 Å². The lowest BCUT2D eigenvalue weighted by Gasteiger charge is -2.14. The Balaban J connectivity index is 1.82. The van der Waals surface area contributed by atoms with Gasteiger partial charge >= 0.3 is 0 Å². The van der Waals surface area contributed by atoms with Gasteiger partial charge in [0.15, 0.2) is 11.5 Å². The second-order valence-corrected chi connectivity index (χ2v) is 8.47. The molecule has 1 N–H and O–H groups in total. The molecule has 0 aliphatic heterocycles. The zero-order chi connectivity index (χ0) is 24.7. The Morgan fingerprint density at radius 1 is 1.03 bits per heavy atom. The van der Waals surface area contributed by atoms with E-state index in [4.69, 9.17) is 44.3 Å². The average Bonchev–Trinajstić information content (AvgIpc) is 2.80. The van der Waals surface area contributed by atoms with Crippen molar-refractivity contribution in [2.24, 2.45) is 0 Å². The number of nitriles is 1. The van der Waals surface area contributed by atoms with Crippen LogP contribution in [0.5, 0.6) is 11.5 Å². The van der Waals surface area contributed by atoms with Crippen molar-refractivity contribution >= 4 is 52.5 Å². The van der Waals surface area contributed by atoms with E-state index in [1.807, 2.05) is 26.0 Å². The number of hydrogen-bond acceptors (Lipinski definition) is 4. The number of amides is 1. The third-order valence-electron chi connectivity index (χ3n) is 4.80. The van der Waals surface area contributed by atoms with Crippen LogP contribution in [0.15, 0.2) is 60.2 Å². The molecule has 1 amide bonds. The first-order valence-electron chi connectivity index (χ1n) is 10.3. The Morgan fingerprint density at radius 2 is 1.82 bits per heavy atom. The minimum Gasteiger partial charge on any atom is -0.490 e. The van der Waals surface area contributed by atoms with Crippen molar-refractivity contribution in [3.63, 3.8) is 0 Å². The largest absolute Gasteiger partial charge is 0.490 e. The lowest BCUT2D eigenvalue weighted by atomic mass is 10.1. The fraction of sp³-hybridized carbons (Fsp3) is 0.154. The molecule has 0 heterocycles. The number of aryl methyl sites for hydroxylation is 1. The van der Waals surface area contributed by atoms with Crippen LogP contribution in [0.25, 0.3) is 6.08 Å². The molecule has 0 fully saturated rings. The zero-order valence-corrected chi connectivity index (χ0v) is 20.8. The molecule has 0 radical (unpaired) electrons. The second kappa shape index (κ2) is 11.8. The van der Waals surface area contributed by atoms with E-state index >= 15 is 0 Å². The number of ether oxygens (including phenoxy) is 2. The van der Waals surface area contributed by atoms with Crippen molar-refractivity contribution in [3.8, 4) is 17.6 Å². The number of anilines is 1. The Labute approximate surface area is 213 Å². The summed E-state index contributed by atoms with van der Waals surface area (Å²) in [5, 5.41) is 13.7. The number of carbonyl (C=O) groups is 1. The summed E-state index contributed by atoms with van der Waals surface area (Å²) in [6, 6.07) is 17.5. The fourth-order valence-corrected chi connectivity index (χ4v) is 3.81. The molecule has 174 valence electrons. The van der Waals surface area contributed by atoms with Crippen LogP contribution < -0.4 is 14.8 Å². The highest BCUT2D eigenvalue weighted by atomic mass is 35.5. The number of nitrogens with zero attached hydrogens (tertiary/aromatic N) is 1. The number of para-hydroxylation sites is 1. The first kappa shape index (κ1) is 25.5. The van der Waals surface area contributed by atoms with Crippen molar-refractivity contribution in [1.29, 1.82) is 5.26 Å². The molecule has 0 unspecified atom stereocenters. The maximum atomic E-state index is 12.7. The Hall–Kier alpha value is -3.17. The monoisotopic (exact) mass is 514 g/mol. The summed E-state index contributed by atoms with van der Waals surface area (Å²) in [6.45, 7) is 4.29. The first-order valence-corrected chi connectivity index (χ1v) is 11.5. The molecule has 0 saturated carbocycles. The number of nitrogens with one attached hydrogen (secondary N) is 1. The Bertz CT molecular complexity index is 1260. The molecule has 3 rings (SSSR count). The molecule has 0 spiro atoms. The topological polar surface area (TPSA) is 71.3 Å². The standard InChI is InChI=1S/C26H21Cl3N2O3/c1-3-33-24-12-17(7-10-23(24)34-15-18-8-9-20(27)13-22(18)29)11-19(14-30)26(32)31-25-16(2)5-4-6-21(25)28/h4-13H,3,15H2,1-2H3,(H,31,32)/b19-11+. The van der Waals surface area contributed by atoms with Crippen LogP contribution in [0.2, 0.25) is 15.1 Å². The summed E-state index contributed by atoms with van der Waals surface area (Å²) in [6.07, 6.45) is 1.48. The molecule has 0 atom stereocenters. The normalized spacial score (nSPS) is 11.0. The Kier molecular flexibility index (Phi) is 8.84. The predicted octanol–water partition coefficient (Wildman–Crippen LogP) is 7.48. The summed E-state index contributed by atoms with van der Waals surface area (Å²) >= 11 is 18.4. The highest BCUT2D eigenvalue weighted by molar-refractivity contribution is 6.35. The predicted molar refractivity (Wildman–Crippen MR) is 137 cm³/mol. The van der Waals surface area contributed by atoms with Gasteiger partial charge in [0.1, 0.15) is 18.2 Å². The lowest BCUT2D eigenvalue weighted by Crippen LogP contribution is -2.14. The minimum absolute atomic E-state index is 0.0802. The highest BCUT2D eigenvalue weighted by Crippen LogP contribution is 2.32. The fourth-order valence-electron chi connectivity index (χ4n) is 3.08. The van der Waals surface area contributed by atoms with Gasteiger partial charge in [0, 0.05) is 15.6 Å². The maximum Gasteiger partial charge on any atom is 0.266 e. The van der Waals surface area contributed by atoms with Gasteiger partial charge < -0.3 is 14.8 Å². The molecule has 0 saturated heterocycles. The van der Waals surface area contributed by atoms with Crippen LogP contribution >= 0.6 is 34.8 Å². The molecule has 8 heteroatoms. The minimum atomic E-state index is -0.561. The van der Waals surface area contributed by atoms with Crippen molar-refractivity contribution in [3.05, 3.63) is 91.9 Å². The van der Waals surface area contributed by atoms with Gasteiger partial charge in [0.2, 0.25) is 0 Å². The molecule has 0 bridgehead atoms. The summed E-state index contributed by atoms with van der Waals surface area (Å²) in [5.41, 5.74) is 2.55. The highest BCUT2D eigenvalue weighted by Gasteiger charge is 2.14. The number of hydrogen-bond donors (Lipinski definition) is 1. The van der Waals surface area contributed by atoms with Crippen LogP contribution in [0, 0.1) is 18.3 Å². The smallest absolute Gasteiger partial charge is 0.266 e. The van der Waals surface area contributed by atoms with Gasteiger partial charge in [-0.1, -0.05) is 59.1 Å². The lowest BCUT2D eigenvalue weighted by molar-refractivity contribution is -0.112. The van der Waals surface area contributed by atoms with Crippen LogP contribution in [0.1, 0.15) is 23.6 Å². The quantitative estimate of drug-likeness (QED) is 0.249. The molecule has 3 aromatic carbocycles. The number of rotatable bonds is 8. The van der Waals surface area contributed by atoms with Gasteiger partial charge in [-0.3, -0.25) is 4.79 Å². The molecular formula is C26H21Cl3N2O3. The van der Waals surface area contributed by atoms with Gasteiger partial charge in [-0.05, 0) is 61.4 Å². The summed E-state index contributed by atoms with van der Waals surface area (Å²) in [5.74, 6) is 0.412. The van der Waals surface area contributed by atoms with E-state index in [1.54, 1.807) is 48.5 Å². The SMILES string of the molecule is CCOc1cc(/C=C(\C#N)C(=O)Nc2c(C)cccc2Cl)ccc1OCc1ccc(Cl)cc1Cl. The van der Waals surface area contributed by atoms with E-state index in [1.165, 1.54) is 6.08 Å². The summed E-state index contributed by atoms with van der Waals surface area (Å²) < 4.78 is 11.6. The van der Waals surface area contributed by atoms with Crippen LogP contribution in [-0.2, 0) is 11.4 Å². The maximum absolute atomic E-state index is 12.7. The van der Waals surface area contributed by atoms with Gasteiger partial charge in [-0.15, -0.1) is 0 Å². The molecule has 0 aliphatic carbocycles. The van der Waals surface area contributed by atoms with Crippen LogP contribution in [-0.4, -0.2) is 12.5 Å². The first-order chi connectivity index (χ1) is 16.3. The van der Waals surface area contributed by atoms with Gasteiger partial charge in [-0.2, -0.15) is 5.26 Å². The molecule has 0 aliphatic rings. The molecule has 3 aromatic rings. The van der Waals surface area contributed by atoms with Crippen molar-refractivity contribution in [2.45, 2.75) is 20.5 Å². The van der Waals surface area contributed by atoms with Crippen LogP contribution in [0.3, 0.4) is 0 Å². The van der Waals surface area contributed by atoms with E-state index in [0.29, 0.717) is 44.4 Å². The summed E-state index contributed by atoms with van der Waals surface area (Å²) in [7, 11) is 0. The van der Waals surface area contributed by atoms with E-state index in [-0.39, 0.29) is 12.2 Å². The van der Waals surface area contributed by atoms with Gasteiger partial charge in [0.05, 0.1) is 17.3 Å². The van der Waals surface area contributed by atoms with E-state index in [2.05, 4.69) is 5.32 Å². The zero-order valence-electron chi connectivity index (χ0n) is 18.5. The summed E-state index contributed by atoms with van der Waals surface area (Å²) in [4.78, 5) is 12.7. The third-order valence-corrected chi connectivity index (χ3v) is 5.70.